The summed E-state index contributed by atoms with van der Waals surface area (Å²) in [5.41, 5.74) is 4.88. The normalized spacial score (nSPS) is 28.8. The molecule has 0 radical (unpaired) electrons. The van der Waals surface area contributed by atoms with E-state index in [4.69, 9.17) is 10.5 Å². The van der Waals surface area contributed by atoms with Crippen molar-refractivity contribution < 1.29 is 14.3 Å². The van der Waals surface area contributed by atoms with E-state index in [1.165, 1.54) is 0 Å². The van der Waals surface area contributed by atoms with Gasteiger partial charge >= 0.3 is 0 Å². The zero-order valence-electron chi connectivity index (χ0n) is 9.12. The fourth-order valence-corrected chi connectivity index (χ4v) is 1.60. The largest absolute Gasteiger partial charge is 0.379 e. The Balaban J connectivity index is 1.71. The molecule has 6 heteroatoms. The topological polar surface area (TPSA) is 93.5 Å². The summed E-state index contributed by atoms with van der Waals surface area (Å²) in [7, 11) is 0. The molecule has 0 bridgehead atoms. The van der Waals surface area contributed by atoms with E-state index in [2.05, 4.69) is 10.6 Å². The lowest BCUT2D eigenvalue weighted by atomic mass is 9.99. The number of ether oxygens (including phenoxy) is 1. The van der Waals surface area contributed by atoms with Crippen LogP contribution in [-0.4, -0.2) is 43.2 Å². The molecule has 2 rings (SSSR count). The van der Waals surface area contributed by atoms with E-state index in [9.17, 15) is 9.59 Å². The molecule has 0 spiro atoms. The first-order chi connectivity index (χ1) is 7.60. The van der Waals surface area contributed by atoms with Gasteiger partial charge in [-0.05, 0) is 19.3 Å². The van der Waals surface area contributed by atoms with Gasteiger partial charge in [-0.25, -0.2) is 0 Å². The molecule has 2 fully saturated rings. The standard InChI is InChI=1S/C10H17N3O3/c11-10(3-4-16-6-10)9(15)12-5-8(14)13-7-1-2-7/h7H,1-6,11H2,(H,12,15)(H,13,14). The third-order valence-electron chi connectivity index (χ3n) is 2.86. The molecule has 0 aromatic heterocycles. The lowest BCUT2D eigenvalue weighted by molar-refractivity contribution is -0.129. The van der Waals surface area contributed by atoms with Gasteiger partial charge in [-0.1, -0.05) is 0 Å². The van der Waals surface area contributed by atoms with Crippen molar-refractivity contribution in [3.63, 3.8) is 0 Å². The van der Waals surface area contributed by atoms with Gasteiger partial charge in [0.2, 0.25) is 11.8 Å². The number of hydrogen-bond acceptors (Lipinski definition) is 4. The molecule has 1 saturated heterocycles. The van der Waals surface area contributed by atoms with Gasteiger partial charge in [-0.2, -0.15) is 0 Å². The van der Waals surface area contributed by atoms with Gasteiger partial charge in [0.15, 0.2) is 0 Å². The summed E-state index contributed by atoms with van der Waals surface area (Å²) in [4.78, 5) is 23.0. The van der Waals surface area contributed by atoms with Gasteiger partial charge in [0.1, 0.15) is 5.54 Å². The molecule has 1 unspecified atom stereocenters. The van der Waals surface area contributed by atoms with Crippen molar-refractivity contribution in [2.24, 2.45) is 5.73 Å². The first kappa shape index (κ1) is 11.3. The quantitative estimate of drug-likeness (QED) is 0.545. The molecule has 1 aliphatic heterocycles. The zero-order valence-corrected chi connectivity index (χ0v) is 9.12. The van der Waals surface area contributed by atoms with Crippen LogP contribution in [0.3, 0.4) is 0 Å². The molecule has 1 heterocycles. The van der Waals surface area contributed by atoms with Crippen LogP contribution in [0.15, 0.2) is 0 Å². The Bertz CT molecular complexity index is 296. The van der Waals surface area contributed by atoms with Crippen LogP contribution >= 0.6 is 0 Å². The molecule has 0 aromatic carbocycles. The van der Waals surface area contributed by atoms with Gasteiger partial charge < -0.3 is 21.1 Å². The van der Waals surface area contributed by atoms with Crippen LogP contribution in [0.1, 0.15) is 19.3 Å². The smallest absolute Gasteiger partial charge is 0.243 e. The predicted octanol–water partition coefficient (Wildman–Crippen LogP) is -1.50. The van der Waals surface area contributed by atoms with Crippen LogP contribution in [-0.2, 0) is 14.3 Å². The first-order valence-electron chi connectivity index (χ1n) is 5.54. The Hall–Kier alpha value is -1.14. The summed E-state index contributed by atoms with van der Waals surface area (Å²) in [6, 6.07) is 0.311. The fraction of sp³-hybridized carbons (Fsp3) is 0.800. The molecule has 6 nitrogen and oxygen atoms in total. The lowest BCUT2D eigenvalue weighted by Gasteiger charge is -2.20. The fourth-order valence-electron chi connectivity index (χ4n) is 1.60. The average molecular weight is 227 g/mol. The van der Waals surface area contributed by atoms with Crippen LogP contribution in [0.2, 0.25) is 0 Å². The molecular formula is C10H17N3O3. The van der Waals surface area contributed by atoms with E-state index in [-0.39, 0.29) is 25.0 Å². The average Bonchev–Trinajstić information content (AvgIpc) is 2.95. The highest BCUT2D eigenvalue weighted by Crippen LogP contribution is 2.18. The zero-order chi connectivity index (χ0) is 11.6. The number of amides is 2. The van der Waals surface area contributed by atoms with Crippen molar-refractivity contribution in [1.29, 1.82) is 0 Å². The monoisotopic (exact) mass is 227 g/mol. The van der Waals surface area contributed by atoms with Crippen molar-refractivity contribution in [2.45, 2.75) is 30.8 Å². The minimum absolute atomic E-state index is 0.00567. The van der Waals surface area contributed by atoms with Crippen molar-refractivity contribution >= 4 is 11.8 Å². The summed E-state index contributed by atoms with van der Waals surface area (Å²) in [5.74, 6) is -0.464. The van der Waals surface area contributed by atoms with Crippen LogP contribution in [0.4, 0.5) is 0 Å². The second kappa shape index (κ2) is 4.39. The van der Waals surface area contributed by atoms with E-state index in [1.807, 2.05) is 0 Å². The summed E-state index contributed by atoms with van der Waals surface area (Å²) in [6.07, 6.45) is 2.58. The Labute approximate surface area is 93.9 Å². The minimum Gasteiger partial charge on any atom is -0.379 e. The van der Waals surface area contributed by atoms with Gasteiger partial charge in [-0.15, -0.1) is 0 Å². The Morgan fingerprint density at radius 2 is 2.19 bits per heavy atom. The molecule has 2 aliphatic rings. The molecule has 1 aliphatic carbocycles. The third kappa shape index (κ3) is 2.70. The SMILES string of the molecule is NC1(C(=O)NCC(=O)NC2CC2)CCOC1. The molecule has 2 amide bonds. The predicted molar refractivity (Wildman–Crippen MR) is 56.5 cm³/mol. The summed E-state index contributed by atoms with van der Waals surface area (Å²) < 4.78 is 5.08. The van der Waals surface area contributed by atoms with Gasteiger partial charge in [0, 0.05) is 12.6 Å². The number of nitrogens with two attached hydrogens (primary N) is 1. The molecule has 16 heavy (non-hydrogen) atoms. The number of carbonyl (C=O) groups excluding carboxylic acids is 2. The molecule has 1 atom stereocenters. The Kier molecular flexibility index (Phi) is 3.11. The first-order valence-corrected chi connectivity index (χ1v) is 5.54. The van der Waals surface area contributed by atoms with E-state index in [1.54, 1.807) is 0 Å². The maximum atomic E-state index is 11.7. The second-order valence-corrected chi connectivity index (χ2v) is 4.48. The van der Waals surface area contributed by atoms with Gasteiger partial charge in [0.25, 0.3) is 0 Å². The second-order valence-electron chi connectivity index (χ2n) is 4.48. The molecule has 1 saturated carbocycles. The maximum Gasteiger partial charge on any atom is 0.243 e. The Morgan fingerprint density at radius 3 is 2.75 bits per heavy atom. The lowest BCUT2D eigenvalue weighted by Crippen LogP contribution is -2.56. The van der Waals surface area contributed by atoms with Crippen LogP contribution in [0, 0.1) is 0 Å². The molecule has 0 aromatic rings. The molecular weight excluding hydrogens is 210 g/mol. The number of nitrogens with one attached hydrogen (secondary N) is 2. The van der Waals surface area contributed by atoms with Crippen molar-refractivity contribution in [3.8, 4) is 0 Å². The van der Waals surface area contributed by atoms with E-state index in [0.29, 0.717) is 19.1 Å². The maximum absolute atomic E-state index is 11.7. The van der Waals surface area contributed by atoms with Gasteiger partial charge in [-0.3, -0.25) is 9.59 Å². The number of carbonyl (C=O) groups is 2. The van der Waals surface area contributed by atoms with Gasteiger partial charge in [0.05, 0.1) is 13.2 Å². The highest BCUT2D eigenvalue weighted by Gasteiger charge is 2.38. The number of rotatable bonds is 4. The van der Waals surface area contributed by atoms with Crippen molar-refractivity contribution in [1.82, 2.24) is 10.6 Å². The molecule has 90 valence electrons. The van der Waals surface area contributed by atoms with Crippen molar-refractivity contribution in [2.75, 3.05) is 19.8 Å². The van der Waals surface area contributed by atoms with E-state index in [0.717, 1.165) is 12.8 Å². The number of hydrogen-bond donors (Lipinski definition) is 3. The third-order valence-corrected chi connectivity index (χ3v) is 2.86. The summed E-state index contributed by atoms with van der Waals surface area (Å²) in [6.45, 7) is 0.718. The summed E-state index contributed by atoms with van der Waals surface area (Å²) in [5, 5.41) is 5.33. The van der Waals surface area contributed by atoms with E-state index >= 15 is 0 Å². The van der Waals surface area contributed by atoms with Crippen LogP contribution in [0.25, 0.3) is 0 Å². The van der Waals surface area contributed by atoms with Crippen LogP contribution in [0.5, 0.6) is 0 Å². The summed E-state index contributed by atoms with van der Waals surface area (Å²) >= 11 is 0. The minimum atomic E-state index is -0.958. The van der Waals surface area contributed by atoms with E-state index < -0.39 is 5.54 Å². The molecule has 4 N–H and O–H groups in total. The highest BCUT2D eigenvalue weighted by atomic mass is 16.5. The van der Waals surface area contributed by atoms with Crippen LogP contribution < -0.4 is 16.4 Å². The van der Waals surface area contributed by atoms with Crippen molar-refractivity contribution in [3.05, 3.63) is 0 Å². The Morgan fingerprint density at radius 1 is 1.44 bits per heavy atom. The highest BCUT2D eigenvalue weighted by molar-refractivity contribution is 5.90.